The molecule has 0 amide bonds. The summed E-state index contributed by atoms with van der Waals surface area (Å²) in [5.74, 6) is 0. The average Bonchev–Trinajstić information content (AvgIpc) is 2.82. The van der Waals surface area contributed by atoms with Crippen molar-refractivity contribution in [3.05, 3.63) is 53.9 Å². The van der Waals surface area contributed by atoms with E-state index in [9.17, 15) is 0 Å². The van der Waals surface area contributed by atoms with Gasteiger partial charge in [0.1, 0.15) is 0 Å². The standard InChI is InChI=1S/C15H19BrN2/c1-3-15(12-16,13-7-5-4-6-8-13)11-14-9-10-18(2)17-14/h4-10H,3,11-12H2,1-2H3. The zero-order valence-corrected chi connectivity index (χ0v) is 12.5. The molecule has 0 fully saturated rings. The van der Waals surface area contributed by atoms with Gasteiger partial charge in [0.05, 0.1) is 5.69 Å². The maximum Gasteiger partial charge on any atom is 0.0633 e. The lowest BCUT2D eigenvalue weighted by molar-refractivity contribution is 0.456. The number of benzene rings is 1. The van der Waals surface area contributed by atoms with E-state index in [0.29, 0.717) is 0 Å². The minimum absolute atomic E-state index is 0.135. The van der Waals surface area contributed by atoms with Gasteiger partial charge in [-0.15, -0.1) is 0 Å². The van der Waals surface area contributed by atoms with Crippen molar-refractivity contribution < 1.29 is 0 Å². The summed E-state index contributed by atoms with van der Waals surface area (Å²) in [5, 5.41) is 5.47. The van der Waals surface area contributed by atoms with Crippen LogP contribution >= 0.6 is 15.9 Å². The number of nitrogens with zero attached hydrogens (tertiary/aromatic N) is 2. The Labute approximate surface area is 117 Å². The number of rotatable bonds is 5. The summed E-state index contributed by atoms with van der Waals surface area (Å²) >= 11 is 3.70. The topological polar surface area (TPSA) is 17.8 Å². The first-order valence-corrected chi connectivity index (χ1v) is 7.42. The van der Waals surface area contributed by atoms with Crippen molar-refractivity contribution in [2.24, 2.45) is 7.05 Å². The van der Waals surface area contributed by atoms with Gasteiger partial charge in [-0.3, -0.25) is 4.68 Å². The molecule has 1 atom stereocenters. The Kier molecular flexibility index (Phi) is 4.23. The van der Waals surface area contributed by atoms with Gasteiger partial charge in [0.2, 0.25) is 0 Å². The molecule has 2 rings (SSSR count). The van der Waals surface area contributed by atoms with Crippen LogP contribution in [0.3, 0.4) is 0 Å². The number of alkyl halides is 1. The highest BCUT2D eigenvalue weighted by atomic mass is 79.9. The molecule has 1 aromatic heterocycles. The van der Waals surface area contributed by atoms with Gasteiger partial charge in [0.25, 0.3) is 0 Å². The Hall–Kier alpha value is -1.09. The van der Waals surface area contributed by atoms with Crippen LogP contribution in [0.25, 0.3) is 0 Å². The van der Waals surface area contributed by atoms with Crippen molar-refractivity contribution in [3.8, 4) is 0 Å². The molecule has 1 heterocycles. The molecule has 1 aromatic carbocycles. The van der Waals surface area contributed by atoms with Crippen molar-refractivity contribution in [1.29, 1.82) is 0 Å². The zero-order chi connectivity index (χ0) is 13.0. The summed E-state index contributed by atoms with van der Waals surface area (Å²) in [7, 11) is 1.97. The van der Waals surface area contributed by atoms with Gasteiger partial charge in [-0.05, 0) is 18.1 Å². The predicted molar refractivity (Wildman–Crippen MR) is 79.1 cm³/mol. The minimum atomic E-state index is 0.135. The van der Waals surface area contributed by atoms with Gasteiger partial charge in [-0.2, -0.15) is 5.10 Å². The fourth-order valence-electron chi connectivity index (χ4n) is 2.35. The molecular weight excluding hydrogens is 288 g/mol. The van der Waals surface area contributed by atoms with E-state index in [-0.39, 0.29) is 5.41 Å². The first-order valence-electron chi connectivity index (χ1n) is 6.30. The summed E-state index contributed by atoms with van der Waals surface area (Å²) in [5.41, 5.74) is 2.67. The number of aromatic nitrogens is 2. The Bertz CT molecular complexity index is 486. The van der Waals surface area contributed by atoms with E-state index >= 15 is 0 Å². The number of hydrogen-bond donors (Lipinski definition) is 0. The van der Waals surface area contributed by atoms with Crippen LogP contribution in [0.15, 0.2) is 42.6 Å². The number of halogens is 1. The largest absolute Gasteiger partial charge is 0.276 e. The maximum atomic E-state index is 4.51. The average molecular weight is 307 g/mol. The van der Waals surface area contributed by atoms with Crippen LogP contribution in [-0.4, -0.2) is 15.1 Å². The molecule has 0 aliphatic heterocycles. The molecule has 3 heteroatoms. The first-order chi connectivity index (χ1) is 8.70. The SMILES string of the molecule is CCC(CBr)(Cc1ccn(C)n1)c1ccccc1. The minimum Gasteiger partial charge on any atom is -0.276 e. The van der Waals surface area contributed by atoms with Gasteiger partial charge >= 0.3 is 0 Å². The lowest BCUT2D eigenvalue weighted by atomic mass is 9.76. The van der Waals surface area contributed by atoms with Crippen molar-refractivity contribution in [2.45, 2.75) is 25.2 Å². The second-order valence-electron chi connectivity index (χ2n) is 4.79. The van der Waals surface area contributed by atoms with Crippen molar-refractivity contribution in [2.75, 3.05) is 5.33 Å². The number of hydrogen-bond acceptors (Lipinski definition) is 1. The molecule has 1 unspecified atom stereocenters. The molecule has 18 heavy (non-hydrogen) atoms. The van der Waals surface area contributed by atoms with Crippen LogP contribution in [0.2, 0.25) is 0 Å². The second kappa shape index (κ2) is 5.70. The van der Waals surface area contributed by atoms with Gasteiger partial charge in [-0.25, -0.2) is 0 Å². The maximum absolute atomic E-state index is 4.51. The van der Waals surface area contributed by atoms with Crippen LogP contribution in [0, 0.1) is 0 Å². The van der Waals surface area contributed by atoms with E-state index < -0.39 is 0 Å². The van der Waals surface area contributed by atoms with Gasteiger partial charge in [0, 0.05) is 30.4 Å². The summed E-state index contributed by atoms with van der Waals surface area (Å²) in [6.07, 6.45) is 4.08. The third-order valence-corrected chi connectivity index (χ3v) is 4.68. The molecule has 2 aromatic rings. The molecule has 0 N–H and O–H groups in total. The third-order valence-electron chi connectivity index (χ3n) is 3.61. The lowest BCUT2D eigenvalue weighted by Crippen LogP contribution is -2.30. The molecular formula is C15H19BrN2. The van der Waals surface area contributed by atoms with Gasteiger partial charge in [0.15, 0.2) is 0 Å². The Balaban J connectivity index is 2.32. The predicted octanol–water partition coefficient (Wildman–Crippen LogP) is 3.71. The summed E-state index contributed by atoms with van der Waals surface area (Å²) in [6.45, 7) is 2.25. The second-order valence-corrected chi connectivity index (χ2v) is 5.35. The van der Waals surface area contributed by atoms with E-state index in [1.807, 2.05) is 17.9 Å². The summed E-state index contributed by atoms with van der Waals surface area (Å²) < 4.78 is 1.87. The van der Waals surface area contributed by atoms with Crippen molar-refractivity contribution >= 4 is 15.9 Å². The normalized spacial score (nSPS) is 14.4. The quantitative estimate of drug-likeness (QED) is 0.770. The highest BCUT2D eigenvalue weighted by Crippen LogP contribution is 2.33. The molecule has 2 nitrogen and oxygen atoms in total. The Morgan fingerprint density at radius 1 is 1.22 bits per heavy atom. The van der Waals surface area contributed by atoms with Crippen molar-refractivity contribution in [1.82, 2.24) is 9.78 Å². The highest BCUT2D eigenvalue weighted by molar-refractivity contribution is 9.09. The lowest BCUT2D eigenvalue weighted by Gasteiger charge is -2.31. The van der Waals surface area contributed by atoms with Crippen LogP contribution < -0.4 is 0 Å². The molecule has 0 radical (unpaired) electrons. The van der Waals surface area contributed by atoms with Crippen molar-refractivity contribution in [3.63, 3.8) is 0 Å². The van der Waals surface area contributed by atoms with E-state index in [4.69, 9.17) is 0 Å². The van der Waals surface area contributed by atoms with E-state index in [1.54, 1.807) is 0 Å². The molecule has 0 aliphatic carbocycles. The monoisotopic (exact) mass is 306 g/mol. The number of aryl methyl sites for hydroxylation is 1. The van der Waals surface area contributed by atoms with E-state index in [2.05, 4.69) is 64.4 Å². The molecule has 0 aliphatic rings. The van der Waals surface area contributed by atoms with Crippen LogP contribution in [0.5, 0.6) is 0 Å². The fraction of sp³-hybridized carbons (Fsp3) is 0.400. The smallest absolute Gasteiger partial charge is 0.0633 e. The van der Waals surface area contributed by atoms with Crippen LogP contribution in [-0.2, 0) is 18.9 Å². The highest BCUT2D eigenvalue weighted by Gasteiger charge is 2.30. The summed E-state index contributed by atoms with van der Waals surface area (Å²) in [4.78, 5) is 0. The van der Waals surface area contributed by atoms with Crippen LogP contribution in [0.1, 0.15) is 24.6 Å². The zero-order valence-electron chi connectivity index (χ0n) is 10.9. The Morgan fingerprint density at radius 3 is 2.44 bits per heavy atom. The molecule has 0 bridgehead atoms. The Morgan fingerprint density at radius 2 is 1.94 bits per heavy atom. The molecule has 0 saturated heterocycles. The van der Waals surface area contributed by atoms with Gasteiger partial charge in [-0.1, -0.05) is 53.2 Å². The third kappa shape index (κ3) is 2.66. The van der Waals surface area contributed by atoms with Gasteiger partial charge < -0.3 is 0 Å². The fourth-order valence-corrected chi connectivity index (χ4v) is 3.26. The van der Waals surface area contributed by atoms with Crippen LogP contribution in [0.4, 0.5) is 0 Å². The first kappa shape index (κ1) is 13.3. The molecule has 0 spiro atoms. The summed E-state index contributed by atoms with van der Waals surface area (Å²) in [6, 6.07) is 12.8. The molecule has 96 valence electrons. The van der Waals surface area contributed by atoms with E-state index in [0.717, 1.165) is 23.9 Å². The molecule has 0 saturated carbocycles. The van der Waals surface area contributed by atoms with E-state index in [1.165, 1.54) is 5.56 Å².